The lowest BCUT2D eigenvalue weighted by molar-refractivity contribution is -0.138. The number of fused-ring (bicyclic) bond motifs is 1. The third-order valence-corrected chi connectivity index (χ3v) is 6.61. The van der Waals surface area contributed by atoms with E-state index in [-0.39, 0.29) is 37.2 Å². The van der Waals surface area contributed by atoms with Gasteiger partial charge in [-0.1, -0.05) is 13.8 Å². The van der Waals surface area contributed by atoms with Crippen LogP contribution >= 0.6 is 0 Å². The van der Waals surface area contributed by atoms with E-state index in [1.807, 2.05) is 13.8 Å². The van der Waals surface area contributed by atoms with Gasteiger partial charge in [-0.15, -0.1) is 0 Å². The lowest BCUT2D eigenvalue weighted by Gasteiger charge is -2.35. The molecule has 1 unspecified atom stereocenters. The lowest BCUT2D eigenvalue weighted by atomic mass is 9.91. The van der Waals surface area contributed by atoms with Gasteiger partial charge in [-0.05, 0) is 47.5 Å². The number of carbonyl (C=O) groups excluding carboxylic acids is 1. The van der Waals surface area contributed by atoms with Crippen molar-refractivity contribution in [1.82, 2.24) is 29.3 Å². The number of carbonyl (C=O) groups is 1. The number of aromatic nitrogens is 5. The van der Waals surface area contributed by atoms with Crippen molar-refractivity contribution in [2.24, 2.45) is 7.05 Å². The van der Waals surface area contributed by atoms with E-state index in [9.17, 15) is 4.79 Å². The summed E-state index contributed by atoms with van der Waals surface area (Å²) in [6.07, 6.45) is 0.402. The first-order chi connectivity index (χ1) is 20.3. The van der Waals surface area contributed by atoms with Gasteiger partial charge in [0.1, 0.15) is 30.4 Å². The molecule has 43 heavy (non-hydrogen) atoms. The molecule has 0 radical (unpaired) electrons. The number of nitrogens with zero attached hydrogens (tertiary/aromatic N) is 7. The summed E-state index contributed by atoms with van der Waals surface area (Å²) in [6.45, 7) is 13.5. The number of rotatable bonds is 9. The molecule has 1 aliphatic heterocycles. The summed E-state index contributed by atoms with van der Waals surface area (Å²) in [5.41, 5.74) is -0.392. The number of alkyl halides is 3. The maximum atomic E-state index is 15.1. The molecule has 0 bridgehead atoms. The van der Waals surface area contributed by atoms with Crippen LogP contribution in [0.3, 0.4) is 0 Å². The molecule has 0 aliphatic carbocycles. The van der Waals surface area contributed by atoms with Gasteiger partial charge in [0.25, 0.3) is 0 Å². The van der Waals surface area contributed by atoms with Crippen molar-refractivity contribution >= 4 is 17.6 Å². The summed E-state index contributed by atoms with van der Waals surface area (Å²) in [5.74, 6) is -0.932. The van der Waals surface area contributed by atoms with Crippen LogP contribution in [0.4, 0.5) is 23.8 Å². The van der Waals surface area contributed by atoms with Gasteiger partial charge in [0.2, 0.25) is 0 Å². The van der Waals surface area contributed by atoms with Crippen molar-refractivity contribution in [3.63, 3.8) is 0 Å². The van der Waals surface area contributed by atoms with Gasteiger partial charge >= 0.3 is 12.3 Å². The number of amides is 1. The zero-order chi connectivity index (χ0) is 31.9. The summed E-state index contributed by atoms with van der Waals surface area (Å²) in [7, 11) is 1.75. The van der Waals surface area contributed by atoms with Gasteiger partial charge < -0.3 is 24.0 Å². The lowest BCUT2D eigenvalue weighted by Crippen LogP contribution is -2.43. The van der Waals surface area contributed by atoms with Crippen molar-refractivity contribution in [1.29, 1.82) is 0 Å². The maximum absolute atomic E-state index is 15.1. The number of aryl methyl sites for hydroxylation is 1. The second kappa shape index (κ2) is 14.4. The number of hydrogen-bond donors (Lipinski definition) is 0. The van der Waals surface area contributed by atoms with Crippen molar-refractivity contribution in [2.75, 3.05) is 44.7 Å². The number of ether oxygens (including phenoxy) is 3. The molecular weight excluding hydrogens is 567 g/mol. The Bertz CT molecular complexity index is 1340. The zero-order valence-electron chi connectivity index (χ0n) is 26.4. The fraction of sp³-hybridized carbons (Fsp3) is 0.655. The van der Waals surface area contributed by atoms with E-state index in [4.69, 9.17) is 14.2 Å². The molecule has 4 rings (SSSR count). The molecule has 3 aromatic rings. The van der Waals surface area contributed by atoms with Crippen LogP contribution in [0, 0.1) is 0 Å². The fourth-order valence-corrected chi connectivity index (χ4v) is 4.87. The Morgan fingerprint density at radius 3 is 2.26 bits per heavy atom. The SMILES string of the molecule is CC.CCOCN(COCC)c1c(C(F)(F)F)c(C2CCCN(C(=O)OC(C)(C)C)C2)nc2c(-c3cnn(C)c3)cnn12. The second-order valence-corrected chi connectivity index (χ2v) is 10.9. The van der Waals surface area contributed by atoms with Crippen molar-refractivity contribution < 1.29 is 32.2 Å². The van der Waals surface area contributed by atoms with E-state index in [0.29, 0.717) is 43.7 Å². The Labute approximate surface area is 250 Å². The Hall–Kier alpha value is -3.39. The van der Waals surface area contributed by atoms with Gasteiger partial charge in [-0.25, -0.2) is 9.78 Å². The summed E-state index contributed by atoms with van der Waals surface area (Å²) in [6, 6.07) is 0. The molecule has 1 aliphatic rings. The van der Waals surface area contributed by atoms with Gasteiger partial charge in [0.15, 0.2) is 5.65 Å². The first-order valence-electron chi connectivity index (χ1n) is 14.7. The highest BCUT2D eigenvalue weighted by molar-refractivity contribution is 5.78. The molecule has 11 nitrogen and oxygen atoms in total. The maximum Gasteiger partial charge on any atom is 0.421 e. The molecule has 1 atom stereocenters. The smallest absolute Gasteiger partial charge is 0.421 e. The Balaban J connectivity index is 0.00000248. The minimum Gasteiger partial charge on any atom is -0.444 e. The highest BCUT2D eigenvalue weighted by atomic mass is 19.4. The quantitative estimate of drug-likeness (QED) is 0.269. The molecule has 4 heterocycles. The summed E-state index contributed by atoms with van der Waals surface area (Å²) >= 11 is 0. The molecule has 3 aromatic heterocycles. The van der Waals surface area contributed by atoms with Crippen LogP contribution in [0.2, 0.25) is 0 Å². The number of halogens is 3. The molecule has 0 saturated carbocycles. The van der Waals surface area contributed by atoms with Gasteiger partial charge in [0.05, 0.1) is 18.1 Å². The average Bonchev–Trinajstić information content (AvgIpc) is 3.58. The first-order valence-corrected chi connectivity index (χ1v) is 14.7. The second-order valence-electron chi connectivity index (χ2n) is 10.9. The van der Waals surface area contributed by atoms with Crippen molar-refractivity contribution in [2.45, 2.75) is 79.0 Å². The predicted octanol–water partition coefficient (Wildman–Crippen LogP) is 6.08. The molecule has 0 N–H and O–H groups in total. The van der Waals surface area contributed by atoms with E-state index >= 15 is 13.2 Å². The van der Waals surface area contributed by atoms with Crippen molar-refractivity contribution in [3.05, 3.63) is 29.8 Å². The Morgan fingerprint density at radius 2 is 1.72 bits per heavy atom. The topological polar surface area (TPSA) is 99.3 Å². The molecule has 14 heteroatoms. The monoisotopic (exact) mass is 611 g/mol. The zero-order valence-corrected chi connectivity index (χ0v) is 26.4. The summed E-state index contributed by atoms with van der Waals surface area (Å²) < 4.78 is 64.8. The highest BCUT2D eigenvalue weighted by Gasteiger charge is 2.44. The third kappa shape index (κ3) is 8.17. The van der Waals surface area contributed by atoms with E-state index < -0.39 is 29.4 Å². The molecule has 0 aromatic carbocycles. The first kappa shape index (κ1) is 34.1. The average molecular weight is 612 g/mol. The van der Waals surface area contributed by atoms with Gasteiger partial charge in [0, 0.05) is 56.6 Å². The summed E-state index contributed by atoms with van der Waals surface area (Å²) in [5, 5.41) is 8.57. The molecule has 1 fully saturated rings. The standard InChI is InChI=1S/C27H38F3N7O4.C2H6/c1-7-39-16-36(17-40-8-2)24-21(27(28,29)30)22(18-10-9-11-35(15-18)25(38)41-26(3,4)5)33-23-20(13-32-37(23)24)19-12-31-34(6)14-19;1-2/h12-14,18H,7-11,15-17H2,1-6H3;1-2H3. The van der Waals surface area contributed by atoms with Gasteiger partial charge in [-0.2, -0.15) is 27.9 Å². The number of piperidine rings is 1. The van der Waals surface area contributed by atoms with Crippen molar-refractivity contribution in [3.8, 4) is 11.1 Å². The van der Waals surface area contributed by atoms with Gasteiger partial charge in [-0.3, -0.25) is 4.68 Å². The highest BCUT2D eigenvalue weighted by Crippen LogP contribution is 2.44. The van der Waals surface area contributed by atoms with Crippen LogP contribution < -0.4 is 4.90 Å². The van der Waals surface area contributed by atoms with Crippen LogP contribution in [0.25, 0.3) is 16.8 Å². The van der Waals surface area contributed by atoms with Crippen LogP contribution in [0.15, 0.2) is 18.6 Å². The van der Waals surface area contributed by atoms with E-state index in [1.165, 1.54) is 20.5 Å². The fourth-order valence-electron chi connectivity index (χ4n) is 4.87. The normalized spacial score (nSPS) is 15.8. The number of anilines is 1. The molecule has 0 spiro atoms. The van der Waals surface area contributed by atoms with Crippen LogP contribution in [0.5, 0.6) is 0 Å². The van der Waals surface area contributed by atoms with E-state index in [0.717, 1.165) is 0 Å². The van der Waals surface area contributed by atoms with Crippen LogP contribution in [0.1, 0.15) is 78.5 Å². The molecular formula is C29H44F3N7O4. The third-order valence-electron chi connectivity index (χ3n) is 6.61. The molecule has 1 amide bonds. The number of hydrogen-bond acceptors (Lipinski definition) is 8. The summed E-state index contributed by atoms with van der Waals surface area (Å²) in [4.78, 5) is 20.4. The Kier molecular flexibility index (Phi) is 11.4. The minimum atomic E-state index is -4.79. The Morgan fingerprint density at radius 1 is 1.07 bits per heavy atom. The molecule has 1 saturated heterocycles. The van der Waals surface area contributed by atoms with Crippen LogP contribution in [-0.2, 0) is 27.4 Å². The van der Waals surface area contributed by atoms with E-state index in [2.05, 4.69) is 15.2 Å². The largest absolute Gasteiger partial charge is 0.444 e. The van der Waals surface area contributed by atoms with E-state index in [1.54, 1.807) is 58.7 Å². The molecule has 240 valence electrons. The van der Waals surface area contributed by atoms with Crippen LogP contribution in [-0.4, -0.2) is 80.7 Å². The number of likely N-dealkylation sites (tertiary alicyclic amines) is 1. The minimum absolute atomic E-state index is 0.0356. The predicted molar refractivity (Wildman–Crippen MR) is 157 cm³/mol.